The van der Waals surface area contributed by atoms with E-state index in [1.54, 1.807) is 28.8 Å². The molecule has 0 spiro atoms. The smallest absolute Gasteiger partial charge is 0.337 e. The van der Waals surface area contributed by atoms with Crippen LogP contribution in [0.25, 0.3) is 10.9 Å². The highest BCUT2D eigenvalue weighted by atomic mass is 16.5. The van der Waals surface area contributed by atoms with Gasteiger partial charge in [0.15, 0.2) is 0 Å². The van der Waals surface area contributed by atoms with E-state index in [4.69, 9.17) is 0 Å². The summed E-state index contributed by atoms with van der Waals surface area (Å²) in [6.07, 6.45) is 1.83. The molecule has 0 radical (unpaired) electrons. The van der Waals surface area contributed by atoms with Gasteiger partial charge in [0.25, 0.3) is 5.91 Å². The van der Waals surface area contributed by atoms with Crippen molar-refractivity contribution in [2.75, 3.05) is 7.11 Å². The minimum atomic E-state index is -0.416. The molecular weight excluding hydrogens is 278 g/mol. The summed E-state index contributed by atoms with van der Waals surface area (Å²) in [5, 5.41) is 1.06. The topological polar surface area (TPSA) is 48.3 Å². The summed E-state index contributed by atoms with van der Waals surface area (Å²) < 4.78 is 6.29. The van der Waals surface area contributed by atoms with Crippen LogP contribution in [-0.2, 0) is 4.74 Å². The van der Waals surface area contributed by atoms with Gasteiger partial charge in [-0.1, -0.05) is 18.2 Å². The van der Waals surface area contributed by atoms with Crippen molar-refractivity contribution in [1.29, 1.82) is 0 Å². The van der Waals surface area contributed by atoms with E-state index < -0.39 is 5.97 Å². The summed E-state index contributed by atoms with van der Waals surface area (Å²) >= 11 is 0. The molecule has 4 heteroatoms. The summed E-state index contributed by atoms with van der Waals surface area (Å²) in [5.74, 6) is -0.540. The number of rotatable bonds is 2. The van der Waals surface area contributed by atoms with Crippen molar-refractivity contribution < 1.29 is 14.3 Å². The van der Waals surface area contributed by atoms with Crippen LogP contribution in [0.4, 0.5) is 0 Å². The van der Waals surface area contributed by atoms with Crippen LogP contribution in [0.5, 0.6) is 0 Å². The molecule has 0 amide bonds. The highest BCUT2D eigenvalue weighted by Gasteiger charge is 2.14. The number of carbonyl (C=O) groups excluding carboxylic acids is 2. The van der Waals surface area contributed by atoms with Crippen molar-refractivity contribution in [1.82, 2.24) is 4.57 Å². The van der Waals surface area contributed by atoms with Crippen LogP contribution in [0.2, 0.25) is 0 Å². The number of aryl methyl sites for hydroxylation is 1. The molecule has 4 nitrogen and oxygen atoms in total. The van der Waals surface area contributed by atoms with E-state index >= 15 is 0 Å². The van der Waals surface area contributed by atoms with Gasteiger partial charge in [0.05, 0.1) is 18.2 Å². The van der Waals surface area contributed by atoms with Crippen molar-refractivity contribution in [2.45, 2.75) is 6.92 Å². The lowest BCUT2D eigenvalue weighted by Gasteiger charge is -2.05. The maximum Gasteiger partial charge on any atom is 0.337 e. The molecule has 3 rings (SSSR count). The van der Waals surface area contributed by atoms with Gasteiger partial charge in [0.1, 0.15) is 0 Å². The molecule has 0 aliphatic carbocycles. The van der Waals surface area contributed by atoms with Crippen LogP contribution in [0.15, 0.2) is 54.7 Å². The minimum Gasteiger partial charge on any atom is -0.465 e. The number of methoxy groups -OCH3 is 1. The van der Waals surface area contributed by atoms with Gasteiger partial charge in [0.2, 0.25) is 0 Å². The zero-order chi connectivity index (χ0) is 15.7. The molecule has 22 heavy (non-hydrogen) atoms. The minimum absolute atomic E-state index is 0.124. The number of carbonyl (C=O) groups is 2. The zero-order valence-corrected chi connectivity index (χ0v) is 12.4. The van der Waals surface area contributed by atoms with Crippen molar-refractivity contribution in [2.24, 2.45) is 0 Å². The number of hydrogen-bond acceptors (Lipinski definition) is 3. The fraction of sp³-hybridized carbons (Fsp3) is 0.111. The Hall–Kier alpha value is -2.88. The number of benzene rings is 2. The first-order valence-electron chi connectivity index (χ1n) is 6.91. The Labute approximate surface area is 127 Å². The molecule has 2 aromatic carbocycles. The summed E-state index contributed by atoms with van der Waals surface area (Å²) in [6.45, 7) is 1.98. The lowest BCUT2D eigenvalue weighted by atomic mass is 10.1. The average Bonchev–Trinajstić information content (AvgIpc) is 2.91. The lowest BCUT2D eigenvalue weighted by Crippen LogP contribution is -2.11. The standard InChI is InChI=1S/C18H15NO3/c1-12-11-19(16-6-4-3-5-15(12)16)17(20)13-7-9-14(10-8-13)18(21)22-2/h3-11H,1-2H3. The quantitative estimate of drug-likeness (QED) is 0.680. The summed E-state index contributed by atoms with van der Waals surface area (Å²) in [4.78, 5) is 24.1. The van der Waals surface area contributed by atoms with Crippen LogP contribution in [0, 0.1) is 6.92 Å². The Morgan fingerprint density at radius 3 is 2.27 bits per heavy atom. The number of fused-ring (bicyclic) bond motifs is 1. The Morgan fingerprint density at radius 1 is 0.955 bits per heavy atom. The van der Waals surface area contributed by atoms with Crippen molar-refractivity contribution >= 4 is 22.8 Å². The molecule has 0 fully saturated rings. The molecule has 0 aliphatic rings. The maximum absolute atomic E-state index is 12.7. The van der Waals surface area contributed by atoms with Crippen molar-refractivity contribution in [3.05, 3.63) is 71.4 Å². The second-order valence-corrected chi connectivity index (χ2v) is 5.07. The van der Waals surface area contributed by atoms with Gasteiger partial charge in [-0.3, -0.25) is 9.36 Å². The third kappa shape index (κ3) is 2.29. The molecule has 3 aromatic rings. The number of ether oxygens (including phenoxy) is 1. The number of aromatic nitrogens is 1. The van der Waals surface area contributed by atoms with Crippen LogP contribution in [0.1, 0.15) is 26.3 Å². The molecule has 1 aromatic heterocycles. The van der Waals surface area contributed by atoms with E-state index in [1.807, 2.05) is 37.4 Å². The highest BCUT2D eigenvalue weighted by Crippen LogP contribution is 2.21. The Kier molecular flexibility index (Phi) is 3.51. The normalized spacial score (nSPS) is 10.6. The summed E-state index contributed by atoms with van der Waals surface area (Å²) in [6, 6.07) is 14.2. The number of nitrogens with zero attached hydrogens (tertiary/aromatic N) is 1. The van der Waals surface area contributed by atoms with E-state index in [-0.39, 0.29) is 5.91 Å². The van der Waals surface area contributed by atoms with Crippen LogP contribution in [0.3, 0.4) is 0 Å². The number of esters is 1. The van der Waals surface area contributed by atoms with Gasteiger partial charge >= 0.3 is 5.97 Å². The van der Waals surface area contributed by atoms with Gasteiger partial charge in [-0.2, -0.15) is 0 Å². The van der Waals surface area contributed by atoms with E-state index in [0.717, 1.165) is 16.5 Å². The maximum atomic E-state index is 12.7. The van der Waals surface area contributed by atoms with Gasteiger partial charge in [-0.15, -0.1) is 0 Å². The van der Waals surface area contributed by atoms with E-state index in [2.05, 4.69) is 4.74 Å². The fourth-order valence-electron chi connectivity index (χ4n) is 2.52. The zero-order valence-electron chi connectivity index (χ0n) is 12.4. The largest absolute Gasteiger partial charge is 0.465 e. The van der Waals surface area contributed by atoms with Gasteiger partial charge in [-0.25, -0.2) is 4.79 Å². The third-order valence-corrected chi connectivity index (χ3v) is 3.68. The van der Waals surface area contributed by atoms with E-state index in [9.17, 15) is 9.59 Å². The fourth-order valence-corrected chi connectivity index (χ4v) is 2.52. The Morgan fingerprint density at radius 2 is 1.59 bits per heavy atom. The Bertz CT molecular complexity index is 860. The molecule has 110 valence electrons. The molecular formula is C18H15NO3. The second-order valence-electron chi connectivity index (χ2n) is 5.07. The molecule has 1 heterocycles. The average molecular weight is 293 g/mol. The predicted molar refractivity (Wildman–Crippen MR) is 84.2 cm³/mol. The first-order chi connectivity index (χ1) is 10.6. The molecule has 0 saturated heterocycles. The van der Waals surface area contributed by atoms with Gasteiger partial charge < -0.3 is 4.74 Å². The van der Waals surface area contributed by atoms with Crippen LogP contribution >= 0.6 is 0 Å². The number of para-hydroxylation sites is 1. The third-order valence-electron chi connectivity index (χ3n) is 3.68. The molecule has 0 atom stereocenters. The SMILES string of the molecule is COC(=O)c1ccc(C(=O)n2cc(C)c3ccccc32)cc1. The second kappa shape index (κ2) is 5.48. The van der Waals surface area contributed by atoms with Crippen molar-refractivity contribution in [3.63, 3.8) is 0 Å². The number of hydrogen-bond donors (Lipinski definition) is 0. The highest BCUT2D eigenvalue weighted by molar-refractivity contribution is 6.03. The molecule has 0 unspecified atom stereocenters. The molecule has 0 aliphatic heterocycles. The molecule has 0 bridgehead atoms. The first-order valence-corrected chi connectivity index (χ1v) is 6.91. The Balaban J connectivity index is 2.01. The van der Waals surface area contributed by atoms with E-state index in [1.165, 1.54) is 7.11 Å². The van der Waals surface area contributed by atoms with Crippen molar-refractivity contribution in [3.8, 4) is 0 Å². The molecule has 0 N–H and O–H groups in total. The van der Waals surface area contributed by atoms with Crippen LogP contribution in [-0.4, -0.2) is 23.6 Å². The summed E-state index contributed by atoms with van der Waals surface area (Å²) in [5.41, 5.74) is 2.87. The monoisotopic (exact) mass is 293 g/mol. The predicted octanol–water partition coefficient (Wildman–Crippen LogP) is 3.42. The summed E-state index contributed by atoms with van der Waals surface area (Å²) in [7, 11) is 1.33. The first kappa shape index (κ1) is 14.1. The van der Waals surface area contributed by atoms with Crippen LogP contribution < -0.4 is 0 Å². The van der Waals surface area contributed by atoms with Gasteiger partial charge in [0, 0.05) is 17.1 Å². The van der Waals surface area contributed by atoms with E-state index in [0.29, 0.717) is 11.1 Å². The lowest BCUT2D eigenvalue weighted by molar-refractivity contribution is 0.0600. The molecule has 0 saturated carbocycles. The van der Waals surface area contributed by atoms with Gasteiger partial charge in [-0.05, 0) is 42.8 Å².